The van der Waals surface area contributed by atoms with Gasteiger partial charge in [0.1, 0.15) is 40.6 Å². The number of carbonyl (C=O) groups is 4. The van der Waals surface area contributed by atoms with Crippen LogP contribution in [0.4, 0.5) is 47.8 Å². The molecule has 3 atom stereocenters. The third-order valence-corrected chi connectivity index (χ3v) is 18.9. The fourth-order valence-electron chi connectivity index (χ4n) is 8.04. The summed E-state index contributed by atoms with van der Waals surface area (Å²) in [5, 5.41) is 11.7. The van der Waals surface area contributed by atoms with Crippen LogP contribution in [0.2, 0.25) is 0 Å². The predicted molar refractivity (Wildman–Crippen MR) is 353 cm³/mol. The number of halogens is 6. The van der Waals surface area contributed by atoms with Crippen LogP contribution < -0.4 is 60.7 Å². The largest absolute Gasteiger partial charge is 0.489 e. The highest BCUT2D eigenvalue weighted by atomic mass is 32.2. The predicted octanol–water partition coefficient (Wildman–Crippen LogP) is 5.71. The van der Waals surface area contributed by atoms with Gasteiger partial charge in [-0.1, -0.05) is 44.2 Å². The van der Waals surface area contributed by atoms with Gasteiger partial charge in [-0.3, -0.25) is 29.4 Å². The first kappa shape index (κ1) is 85.1. The van der Waals surface area contributed by atoms with Crippen LogP contribution in [0, 0.1) is 6.92 Å². The average Bonchev–Trinajstić information content (AvgIpc) is 0.792. The second kappa shape index (κ2) is 37.0. The number of aryl methyl sites for hydroxylation is 3. The molecule has 0 aliphatic carbocycles. The summed E-state index contributed by atoms with van der Waals surface area (Å²) in [5.41, 5.74) is 3.22. The number of aliphatic carboxylic acids is 1. The Morgan fingerprint density at radius 2 is 1.32 bits per heavy atom. The third kappa shape index (κ3) is 26.5. The number of pyridine rings is 1. The van der Waals surface area contributed by atoms with Crippen LogP contribution in [0.3, 0.4) is 0 Å². The smallest absolute Gasteiger partial charge is 0.431 e. The molecule has 4 heterocycles. The summed E-state index contributed by atoms with van der Waals surface area (Å²) in [6.07, 6.45) is -10.0. The number of alkyl halides is 6. The highest BCUT2D eigenvalue weighted by Crippen LogP contribution is 2.36. The lowest BCUT2D eigenvalue weighted by molar-refractivity contribution is -0.148. The fraction of sp³-hybridized carbons (Fsp3) is 0.356. The Morgan fingerprint density at radius 1 is 0.738 bits per heavy atom. The van der Waals surface area contributed by atoms with E-state index in [9.17, 15) is 84.9 Å². The van der Waals surface area contributed by atoms with E-state index in [0.29, 0.717) is 32.3 Å². The van der Waals surface area contributed by atoms with Gasteiger partial charge in [0.05, 0.1) is 50.8 Å². The van der Waals surface area contributed by atoms with Crippen LogP contribution in [-0.4, -0.2) is 164 Å². The van der Waals surface area contributed by atoms with Crippen molar-refractivity contribution >= 4 is 73.2 Å². The van der Waals surface area contributed by atoms with Crippen molar-refractivity contribution in [3.63, 3.8) is 0 Å². The first-order valence-electron chi connectivity index (χ1n) is 29.4. The van der Waals surface area contributed by atoms with Crippen molar-refractivity contribution in [3.8, 4) is 35.0 Å². The van der Waals surface area contributed by atoms with Crippen molar-refractivity contribution in [2.75, 3.05) is 57.7 Å². The summed E-state index contributed by atoms with van der Waals surface area (Å²) in [7, 11) is -9.88. The molecule has 3 aromatic carbocycles. The Labute approximate surface area is 583 Å². The Morgan fingerprint density at radius 3 is 1.85 bits per heavy atom. The number of ether oxygens (including phenoxy) is 6. The van der Waals surface area contributed by atoms with Gasteiger partial charge >= 0.3 is 48.1 Å². The number of carbonyl (C=O) groups excluding carboxylic acids is 3. The number of carboxylic acids is 1. The summed E-state index contributed by atoms with van der Waals surface area (Å²) in [6.45, 7) is 7.67. The minimum Gasteiger partial charge on any atom is -0.489 e. The summed E-state index contributed by atoms with van der Waals surface area (Å²) >= 11 is 0. The highest BCUT2D eigenvalue weighted by Gasteiger charge is 2.36. The molecule has 3 unspecified atom stereocenters. The van der Waals surface area contributed by atoms with Crippen molar-refractivity contribution in [1.82, 2.24) is 48.5 Å². The summed E-state index contributed by atoms with van der Waals surface area (Å²) in [4.78, 5) is 101. The van der Waals surface area contributed by atoms with Gasteiger partial charge in [0.2, 0.25) is 23.7 Å². The second-order valence-corrected chi connectivity index (χ2v) is 29.0. The van der Waals surface area contributed by atoms with Crippen LogP contribution in [0.15, 0.2) is 122 Å². The van der Waals surface area contributed by atoms with Crippen molar-refractivity contribution in [1.29, 1.82) is 0 Å². The molecule has 44 heteroatoms. The molecule has 0 radical (unpaired) electrons. The number of anilines is 2. The highest BCUT2D eigenvalue weighted by molar-refractivity contribution is 7.93. The van der Waals surface area contributed by atoms with Crippen molar-refractivity contribution < 1.29 is 114 Å². The van der Waals surface area contributed by atoms with E-state index in [1.54, 1.807) is 16.4 Å². The molecule has 562 valence electrons. The summed E-state index contributed by atoms with van der Waals surface area (Å²) in [6, 6.07) is 16.9. The number of aromatic nitrogens is 8. The van der Waals surface area contributed by atoms with Crippen molar-refractivity contribution in [2.45, 2.75) is 99.3 Å². The Bertz CT molecular complexity index is 4670. The van der Waals surface area contributed by atoms with Crippen molar-refractivity contribution in [2.24, 2.45) is 12.8 Å². The summed E-state index contributed by atoms with van der Waals surface area (Å²) in [5.74, 6) is -1.40. The first-order chi connectivity index (χ1) is 47.9. The minimum absolute atomic E-state index is 0.0412. The number of amides is 4. The molecular weight excluding hydrogens is 1470 g/mol. The minimum atomic E-state index is -4.84. The SMILES string of the molecule is CCS(=O)(=O)c1cccnc1S(=O)(=O)NC(=O)Nc1nc(OC)cc(OC)n1.CCc1ccc(COc2ccc(-n3c(=O)cc(C(F)(F)F)n(C)c3=O)cc2)c(OC(C)C(=O)OC)c1.COc1nc(C)nc(NC(=O)NS(=O)(=O)c2ccccc2CCC(F)(F)F)n1.CP(=O)(O)CCC(N)C(=O)O. The van der Waals surface area contributed by atoms with Crippen LogP contribution in [0.25, 0.3) is 5.69 Å². The number of hydrogen-bond donors (Lipinski definition) is 7. The van der Waals surface area contributed by atoms with E-state index >= 15 is 0 Å². The number of rotatable bonds is 25. The fourth-order valence-corrected chi connectivity index (χ4v) is 12.5. The number of urea groups is 2. The third-order valence-electron chi connectivity index (χ3n) is 13.2. The maximum Gasteiger partial charge on any atom is 0.431 e. The zero-order valence-electron chi connectivity index (χ0n) is 56.1. The van der Waals surface area contributed by atoms with Gasteiger partial charge < -0.3 is 44.2 Å². The first-order valence-corrected chi connectivity index (χ1v) is 36.3. The molecular formula is C59H70F6N13O21PS3. The zero-order chi connectivity index (χ0) is 77.6. The Balaban J connectivity index is 0.000000307. The molecule has 103 heavy (non-hydrogen) atoms. The van der Waals surface area contributed by atoms with Crippen molar-refractivity contribution in [3.05, 3.63) is 146 Å². The Kier molecular flexibility index (Phi) is 30.6. The van der Waals surface area contributed by atoms with Crippen LogP contribution >= 0.6 is 7.37 Å². The average molecular weight is 1540 g/mol. The molecule has 0 spiro atoms. The molecule has 0 bridgehead atoms. The Hall–Kier alpha value is -10.4. The lowest BCUT2D eigenvalue weighted by Gasteiger charge is -2.17. The number of methoxy groups -OCH3 is 4. The lowest BCUT2D eigenvalue weighted by atomic mass is 10.1. The van der Waals surface area contributed by atoms with Crippen LogP contribution in [0.1, 0.15) is 61.8 Å². The number of sulfone groups is 1. The van der Waals surface area contributed by atoms with E-state index in [1.165, 1.54) is 104 Å². The van der Waals surface area contributed by atoms with Gasteiger partial charge in [0, 0.05) is 44.1 Å². The van der Waals surface area contributed by atoms with Gasteiger partial charge in [0.15, 0.2) is 28.3 Å². The number of sulfonamides is 2. The van der Waals surface area contributed by atoms with Gasteiger partial charge in [-0.2, -0.15) is 59.7 Å². The maximum atomic E-state index is 13.1. The van der Waals surface area contributed by atoms with E-state index in [1.807, 2.05) is 25.1 Å². The van der Waals surface area contributed by atoms with E-state index in [0.717, 1.165) is 37.4 Å². The molecule has 8 N–H and O–H groups in total. The van der Waals surface area contributed by atoms with Crippen LogP contribution in [-0.2, 0) is 81.4 Å². The van der Waals surface area contributed by atoms with Gasteiger partial charge in [-0.25, -0.2) is 55.0 Å². The van der Waals surface area contributed by atoms with Crippen LogP contribution in [0.5, 0.6) is 29.3 Å². The molecule has 0 fully saturated rings. The van der Waals surface area contributed by atoms with Gasteiger partial charge in [-0.15, -0.1) is 0 Å². The van der Waals surface area contributed by atoms with E-state index < -0.39 is 130 Å². The number of nitrogens with zero attached hydrogens (tertiary/aromatic N) is 8. The summed E-state index contributed by atoms with van der Waals surface area (Å²) < 4.78 is 197. The normalized spacial score (nSPS) is 12.6. The number of carboxylic acid groups (broad SMARTS) is 1. The number of nitrogens with two attached hydrogens (primary N) is 1. The van der Waals surface area contributed by atoms with E-state index in [-0.39, 0.29) is 71.7 Å². The monoisotopic (exact) mass is 1540 g/mol. The molecule has 0 saturated carbocycles. The van der Waals surface area contributed by atoms with E-state index in [4.69, 9.17) is 44.2 Å². The lowest BCUT2D eigenvalue weighted by Crippen LogP contribution is -2.40. The maximum absolute atomic E-state index is 13.1. The zero-order valence-corrected chi connectivity index (χ0v) is 59.4. The molecule has 4 amide bonds. The molecule has 7 aromatic rings. The molecule has 0 saturated heterocycles. The quantitative estimate of drug-likeness (QED) is 0.0204. The molecule has 34 nitrogen and oxygen atoms in total. The topological polar surface area (TPSA) is 479 Å². The number of esters is 1. The van der Waals surface area contributed by atoms with Gasteiger partial charge in [0.25, 0.3) is 25.6 Å². The second-order valence-electron chi connectivity index (χ2n) is 20.9. The van der Waals surface area contributed by atoms with E-state index in [2.05, 4.69) is 40.5 Å². The number of hydrogen-bond acceptors (Lipinski definition) is 26. The van der Waals surface area contributed by atoms with Gasteiger partial charge in [-0.05, 0) is 92.8 Å². The molecule has 7 rings (SSSR count). The number of benzene rings is 3. The standard InChI is InChI=1S/C25H25F3N2O6.C15H16F3N5O4S.C14H17N5O7S2.C5H12NO4P/c1-5-16-6-7-17(20(12-16)36-15(2)23(32)34-4)14-35-19-10-8-18(9-11-19)30-22(31)13-21(25(26,27)28)29(3)24(30)33;1-9-19-12(22-14(20-9)27-2)21-13(24)23-28(25,26)11-6-4-3-5-10(11)7-8-15(16,17)18;1-4-27(21,22)9-6-5-7-15-12(9)28(23,24)19-14(20)18-13-16-10(25-2)8-11(17-13)26-3;1-11(9,10)3-2-4(6)5(7)8/h6-13,15H,5,14H2,1-4H3;3-6H,7-8H2,1-2H3,(H2,19,20,21,22,23,24);5-8H,4H2,1-3H3,(H2,16,17,18,19,20);4H,2-3,6H2,1H3,(H,7,8)(H,9,10). The molecule has 0 aliphatic rings. The number of nitrogens with one attached hydrogen (secondary N) is 4. The molecule has 4 aromatic heterocycles. The molecule has 0 aliphatic heterocycles.